The van der Waals surface area contributed by atoms with E-state index in [0.717, 1.165) is 0 Å². The van der Waals surface area contributed by atoms with E-state index in [0.29, 0.717) is 23.1 Å². The maximum atomic E-state index is 5.62. The SMILES string of the molecule is Cc1noc(-c2cccnc2N)n1.Cl. The molecule has 0 amide bonds. The van der Waals surface area contributed by atoms with Crippen molar-refractivity contribution in [2.45, 2.75) is 6.92 Å². The number of rotatable bonds is 1. The Morgan fingerprint density at radius 1 is 1.43 bits per heavy atom. The fraction of sp³-hybridized carbons (Fsp3) is 0.125. The van der Waals surface area contributed by atoms with E-state index in [2.05, 4.69) is 15.1 Å². The number of aryl methyl sites for hydroxylation is 1. The van der Waals surface area contributed by atoms with Gasteiger partial charge in [-0.2, -0.15) is 4.98 Å². The molecule has 6 heteroatoms. The van der Waals surface area contributed by atoms with Crippen molar-refractivity contribution >= 4 is 18.2 Å². The predicted molar refractivity (Wildman–Crippen MR) is 53.9 cm³/mol. The third kappa shape index (κ3) is 1.82. The molecule has 0 aliphatic heterocycles. The highest BCUT2D eigenvalue weighted by molar-refractivity contribution is 5.85. The third-order valence-electron chi connectivity index (χ3n) is 1.60. The van der Waals surface area contributed by atoms with E-state index < -0.39 is 0 Å². The summed E-state index contributed by atoms with van der Waals surface area (Å²) >= 11 is 0. The molecule has 0 aromatic carbocycles. The average Bonchev–Trinajstić information content (AvgIpc) is 2.53. The van der Waals surface area contributed by atoms with Gasteiger partial charge in [0.25, 0.3) is 5.89 Å². The van der Waals surface area contributed by atoms with E-state index in [1.54, 1.807) is 25.3 Å². The molecule has 5 nitrogen and oxygen atoms in total. The van der Waals surface area contributed by atoms with Gasteiger partial charge in [-0.15, -0.1) is 12.4 Å². The summed E-state index contributed by atoms with van der Waals surface area (Å²) < 4.78 is 4.95. The summed E-state index contributed by atoms with van der Waals surface area (Å²) in [7, 11) is 0. The zero-order valence-corrected chi connectivity index (χ0v) is 8.28. The van der Waals surface area contributed by atoms with Gasteiger partial charge in [0, 0.05) is 6.20 Å². The first-order valence-corrected chi connectivity index (χ1v) is 3.78. The van der Waals surface area contributed by atoms with Crippen LogP contribution in [0.25, 0.3) is 11.5 Å². The highest BCUT2D eigenvalue weighted by Gasteiger charge is 2.09. The molecule has 2 rings (SSSR count). The van der Waals surface area contributed by atoms with Crippen LogP contribution < -0.4 is 5.73 Å². The van der Waals surface area contributed by atoms with Crippen molar-refractivity contribution in [2.24, 2.45) is 0 Å². The minimum absolute atomic E-state index is 0. The van der Waals surface area contributed by atoms with Crippen molar-refractivity contribution in [3.05, 3.63) is 24.2 Å². The van der Waals surface area contributed by atoms with E-state index in [-0.39, 0.29) is 12.4 Å². The quantitative estimate of drug-likeness (QED) is 0.774. The molecule has 0 unspecified atom stereocenters. The van der Waals surface area contributed by atoms with Crippen LogP contribution in [0.2, 0.25) is 0 Å². The first-order valence-electron chi connectivity index (χ1n) is 3.78. The zero-order valence-electron chi connectivity index (χ0n) is 7.47. The Hall–Kier alpha value is -1.62. The van der Waals surface area contributed by atoms with Crippen LogP contribution in [-0.2, 0) is 0 Å². The van der Waals surface area contributed by atoms with Crippen molar-refractivity contribution in [2.75, 3.05) is 5.73 Å². The van der Waals surface area contributed by atoms with Crippen LogP contribution in [0.15, 0.2) is 22.9 Å². The lowest BCUT2D eigenvalue weighted by Crippen LogP contribution is -1.92. The van der Waals surface area contributed by atoms with Gasteiger partial charge in [-0.3, -0.25) is 0 Å². The van der Waals surface area contributed by atoms with E-state index in [1.165, 1.54) is 0 Å². The largest absolute Gasteiger partial charge is 0.383 e. The van der Waals surface area contributed by atoms with Crippen LogP contribution in [0.1, 0.15) is 5.82 Å². The molecule has 0 aliphatic rings. The second-order valence-electron chi connectivity index (χ2n) is 2.58. The van der Waals surface area contributed by atoms with E-state index >= 15 is 0 Å². The number of nitrogens with two attached hydrogens (primary N) is 1. The number of pyridine rings is 1. The standard InChI is InChI=1S/C8H8N4O.ClH/c1-5-11-8(13-12-5)6-3-2-4-10-7(6)9;/h2-4H,1H3,(H2,9,10);1H. The number of nitrogens with zero attached hydrogens (tertiary/aromatic N) is 3. The summed E-state index contributed by atoms with van der Waals surface area (Å²) in [5.41, 5.74) is 6.29. The topological polar surface area (TPSA) is 77.8 Å². The fourth-order valence-corrected chi connectivity index (χ4v) is 1.00. The third-order valence-corrected chi connectivity index (χ3v) is 1.60. The van der Waals surface area contributed by atoms with Gasteiger partial charge in [0.15, 0.2) is 5.82 Å². The van der Waals surface area contributed by atoms with Crippen LogP contribution in [0, 0.1) is 6.92 Å². The second-order valence-corrected chi connectivity index (χ2v) is 2.58. The molecular weight excluding hydrogens is 204 g/mol. The smallest absolute Gasteiger partial charge is 0.261 e. The highest BCUT2D eigenvalue weighted by atomic mass is 35.5. The first kappa shape index (κ1) is 10.5. The Morgan fingerprint density at radius 2 is 2.21 bits per heavy atom. The van der Waals surface area contributed by atoms with E-state index in [9.17, 15) is 0 Å². The number of hydrogen-bond acceptors (Lipinski definition) is 5. The Morgan fingerprint density at radius 3 is 2.79 bits per heavy atom. The van der Waals surface area contributed by atoms with Gasteiger partial charge in [0.1, 0.15) is 5.82 Å². The average molecular weight is 213 g/mol. The van der Waals surface area contributed by atoms with Gasteiger partial charge in [-0.25, -0.2) is 4.98 Å². The van der Waals surface area contributed by atoms with E-state index in [4.69, 9.17) is 10.3 Å². The molecule has 74 valence electrons. The molecule has 0 aliphatic carbocycles. The van der Waals surface area contributed by atoms with Gasteiger partial charge in [-0.05, 0) is 19.1 Å². The summed E-state index contributed by atoms with van der Waals surface area (Å²) in [6.07, 6.45) is 1.61. The van der Waals surface area contributed by atoms with Crippen LogP contribution >= 0.6 is 12.4 Å². The van der Waals surface area contributed by atoms with Crippen LogP contribution in [-0.4, -0.2) is 15.1 Å². The van der Waals surface area contributed by atoms with Crippen molar-refractivity contribution in [3.8, 4) is 11.5 Å². The van der Waals surface area contributed by atoms with Crippen molar-refractivity contribution in [3.63, 3.8) is 0 Å². The first-order chi connectivity index (χ1) is 6.27. The Balaban J connectivity index is 0.000000980. The normalized spacial score (nSPS) is 9.50. The number of halogens is 1. The molecule has 2 aromatic heterocycles. The maximum Gasteiger partial charge on any atom is 0.261 e. The molecule has 2 N–H and O–H groups in total. The molecule has 0 radical (unpaired) electrons. The Labute approximate surface area is 86.8 Å². The summed E-state index contributed by atoms with van der Waals surface area (Å²) in [4.78, 5) is 7.96. The minimum Gasteiger partial charge on any atom is -0.383 e. The molecule has 2 heterocycles. The summed E-state index contributed by atoms with van der Waals surface area (Å²) in [6, 6.07) is 3.56. The fourth-order valence-electron chi connectivity index (χ4n) is 1.00. The summed E-state index contributed by atoms with van der Waals surface area (Å²) in [5, 5.41) is 3.66. The van der Waals surface area contributed by atoms with Crippen LogP contribution in [0.3, 0.4) is 0 Å². The Bertz CT molecular complexity index is 429. The molecule has 14 heavy (non-hydrogen) atoms. The monoisotopic (exact) mass is 212 g/mol. The molecule has 0 spiro atoms. The van der Waals surface area contributed by atoms with Crippen LogP contribution in [0.4, 0.5) is 5.82 Å². The second kappa shape index (κ2) is 4.06. The van der Waals surface area contributed by atoms with Gasteiger partial charge < -0.3 is 10.3 Å². The van der Waals surface area contributed by atoms with Gasteiger partial charge in [-0.1, -0.05) is 5.16 Å². The van der Waals surface area contributed by atoms with Crippen molar-refractivity contribution in [1.82, 2.24) is 15.1 Å². The zero-order chi connectivity index (χ0) is 9.26. The van der Waals surface area contributed by atoms with Crippen LogP contribution in [0.5, 0.6) is 0 Å². The Kier molecular flexibility index (Phi) is 3.03. The molecule has 0 saturated heterocycles. The number of nitrogen functional groups attached to an aromatic ring is 1. The van der Waals surface area contributed by atoms with Gasteiger partial charge >= 0.3 is 0 Å². The van der Waals surface area contributed by atoms with Gasteiger partial charge in [0.05, 0.1) is 5.56 Å². The minimum atomic E-state index is 0. The van der Waals surface area contributed by atoms with Crippen molar-refractivity contribution < 1.29 is 4.52 Å². The molecular formula is C8H9ClN4O. The predicted octanol–water partition coefficient (Wildman–Crippen LogP) is 1.44. The molecule has 0 bridgehead atoms. The molecule has 0 saturated carbocycles. The lowest BCUT2D eigenvalue weighted by atomic mass is 10.2. The highest BCUT2D eigenvalue weighted by Crippen LogP contribution is 2.20. The lowest BCUT2D eigenvalue weighted by molar-refractivity contribution is 0.425. The lowest BCUT2D eigenvalue weighted by Gasteiger charge is -1.96. The molecule has 2 aromatic rings. The van der Waals surface area contributed by atoms with Crippen molar-refractivity contribution in [1.29, 1.82) is 0 Å². The molecule has 0 atom stereocenters. The van der Waals surface area contributed by atoms with E-state index in [1.807, 2.05) is 0 Å². The maximum absolute atomic E-state index is 5.62. The summed E-state index contributed by atoms with van der Waals surface area (Å²) in [6.45, 7) is 1.75. The van der Waals surface area contributed by atoms with Gasteiger partial charge in [0.2, 0.25) is 0 Å². The number of hydrogen-bond donors (Lipinski definition) is 1. The number of aromatic nitrogens is 3. The summed E-state index contributed by atoms with van der Waals surface area (Å²) in [5.74, 6) is 1.38. The molecule has 0 fully saturated rings. The number of anilines is 1.